The highest BCUT2D eigenvalue weighted by molar-refractivity contribution is 9.10. The third kappa shape index (κ3) is 3.10. The van der Waals surface area contributed by atoms with Gasteiger partial charge in [0.25, 0.3) is 0 Å². The third-order valence-electron chi connectivity index (χ3n) is 2.88. The molecular formula is C15H15BrFN. The lowest BCUT2D eigenvalue weighted by Gasteiger charge is -2.19. The zero-order valence-corrected chi connectivity index (χ0v) is 11.7. The molecular weight excluding hydrogens is 293 g/mol. The highest BCUT2D eigenvalue weighted by Crippen LogP contribution is 2.25. The Morgan fingerprint density at radius 1 is 1.11 bits per heavy atom. The van der Waals surface area contributed by atoms with Gasteiger partial charge in [0.05, 0.1) is 11.7 Å². The van der Waals surface area contributed by atoms with Crippen molar-refractivity contribution in [2.45, 2.75) is 19.4 Å². The standard InChI is InChI=1S/C15H15BrFN/c1-2-14(11-7-9-12(16)10-8-11)18-15-6-4-3-5-13(15)17/h3-10,14,18H,2H2,1H3. The van der Waals surface area contributed by atoms with Crippen molar-refractivity contribution in [2.24, 2.45) is 0 Å². The van der Waals surface area contributed by atoms with Gasteiger partial charge in [0.1, 0.15) is 5.82 Å². The highest BCUT2D eigenvalue weighted by atomic mass is 79.9. The Bertz CT molecular complexity index is 510. The molecule has 0 aliphatic rings. The van der Waals surface area contributed by atoms with E-state index < -0.39 is 0 Å². The van der Waals surface area contributed by atoms with Crippen molar-refractivity contribution in [2.75, 3.05) is 5.32 Å². The van der Waals surface area contributed by atoms with Crippen LogP contribution < -0.4 is 5.32 Å². The van der Waals surface area contributed by atoms with Crippen LogP contribution in [-0.4, -0.2) is 0 Å². The van der Waals surface area contributed by atoms with Gasteiger partial charge in [-0.25, -0.2) is 4.39 Å². The largest absolute Gasteiger partial charge is 0.376 e. The van der Waals surface area contributed by atoms with Crippen LogP contribution in [0.2, 0.25) is 0 Å². The molecule has 0 heterocycles. The minimum Gasteiger partial charge on any atom is -0.376 e. The van der Waals surface area contributed by atoms with Crippen molar-refractivity contribution in [3.8, 4) is 0 Å². The van der Waals surface area contributed by atoms with Crippen molar-refractivity contribution >= 4 is 21.6 Å². The fraction of sp³-hybridized carbons (Fsp3) is 0.200. The summed E-state index contributed by atoms with van der Waals surface area (Å²) in [5.74, 6) is -0.215. The fourth-order valence-electron chi connectivity index (χ4n) is 1.88. The topological polar surface area (TPSA) is 12.0 Å². The lowest BCUT2D eigenvalue weighted by Crippen LogP contribution is -2.10. The fourth-order valence-corrected chi connectivity index (χ4v) is 2.15. The van der Waals surface area contributed by atoms with Crippen LogP contribution in [0.4, 0.5) is 10.1 Å². The van der Waals surface area contributed by atoms with Gasteiger partial charge in [-0.15, -0.1) is 0 Å². The average Bonchev–Trinajstić information content (AvgIpc) is 2.39. The summed E-state index contributed by atoms with van der Waals surface area (Å²) in [5, 5.41) is 3.24. The van der Waals surface area contributed by atoms with E-state index >= 15 is 0 Å². The number of halogens is 2. The van der Waals surface area contributed by atoms with Crippen LogP contribution in [0.25, 0.3) is 0 Å². The normalized spacial score (nSPS) is 12.2. The van der Waals surface area contributed by atoms with Gasteiger partial charge in [0.2, 0.25) is 0 Å². The Kier molecular flexibility index (Phi) is 4.37. The molecule has 1 nitrogen and oxygen atoms in total. The maximum atomic E-state index is 13.6. The first-order valence-electron chi connectivity index (χ1n) is 5.97. The summed E-state index contributed by atoms with van der Waals surface area (Å²) >= 11 is 3.41. The lowest BCUT2D eigenvalue weighted by atomic mass is 10.0. The second-order valence-corrected chi connectivity index (χ2v) is 5.05. The van der Waals surface area contributed by atoms with Gasteiger partial charge in [0.15, 0.2) is 0 Å². The molecule has 1 N–H and O–H groups in total. The summed E-state index contributed by atoms with van der Waals surface area (Å²) in [5.41, 5.74) is 1.70. The molecule has 94 valence electrons. The van der Waals surface area contributed by atoms with Crippen LogP contribution in [0, 0.1) is 5.82 Å². The van der Waals surface area contributed by atoms with E-state index in [1.165, 1.54) is 6.07 Å². The summed E-state index contributed by atoms with van der Waals surface area (Å²) in [6, 6.07) is 15.0. The molecule has 0 bridgehead atoms. The van der Waals surface area contributed by atoms with Gasteiger partial charge >= 0.3 is 0 Å². The zero-order valence-electron chi connectivity index (χ0n) is 10.2. The lowest BCUT2D eigenvalue weighted by molar-refractivity contribution is 0.624. The molecule has 3 heteroatoms. The van der Waals surface area contributed by atoms with Crippen molar-refractivity contribution < 1.29 is 4.39 Å². The number of benzene rings is 2. The molecule has 1 unspecified atom stereocenters. The van der Waals surface area contributed by atoms with Gasteiger partial charge in [-0.05, 0) is 36.2 Å². The minimum absolute atomic E-state index is 0.120. The first-order chi connectivity index (χ1) is 8.70. The maximum absolute atomic E-state index is 13.6. The molecule has 0 saturated heterocycles. The second kappa shape index (κ2) is 6.01. The first kappa shape index (κ1) is 13.1. The van der Waals surface area contributed by atoms with Gasteiger partial charge in [0, 0.05) is 4.47 Å². The maximum Gasteiger partial charge on any atom is 0.146 e. The van der Waals surface area contributed by atoms with Crippen LogP contribution in [-0.2, 0) is 0 Å². The number of para-hydroxylation sites is 1. The molecule has 2 aromatic rings. The van der Waals surface area contributed by atoms with Gasteiger partial charge in [-0.1, -0.05) is 47.1 Å². The number of hydrogen-bond donors (Lipinski definition) is 1. The van der Waals surface area contributed by atoms with E-state index in [1.807, 2.05) is 30.3 Å². The molecule has 0 saturated carbocycles. The Morgan fingerprint density at radius 2 is 1.78 bits per heavy atom. The molecule has 18 heavy (non-hydrogen) atoms. The first-order valence-corrected chi connectivity index (χ1v) is 6.76. The number of hydrogen-bond acceptors (Lipinski definition) is 1. The van der Waals surface area contributed by atoms with Crippen LogP contribution in [0.5, 0.6) is 0 Å². The van der Waals surface area contributed by atoms with Gasteiger partial charge in [-0.2, -0.15) is 0 Å². The predicted octanol–water partition coefficient (Wildman–Crippen LogP) is 5.15. The molecule has 0 fully saturated rings. The van der Waals surface area contributed by atoms with E-state index in [1.54, 1.807) is 12.1 Å². The quantitative estimate of drug-likeness (QED) is 0.823. The van der Waals surface area contributed by atoms with E-state index in [0.717, 1.165) is 16.5 Å². The summed E-state index contributed by atoms with van der Waals surface area (Å²) in [6.45, 7) is 2.08. The van der Waals surface area contributed by atoms with Crippen molar-refractivity contribution in [1.82, 2.24) is 0 Å². The molecule has 2 aromatic carbocycles. The Labute approximate surface area is 115 Å². The Morgan fingerprint density at radius 3 is 2.39 bits per heavy atom. The predicted molar refractivity (Wildman–Crippen MR) is 77.2 cm³/mol. The molecule has 0 aliphatic heterocycles. The Hall–Kier alpha value is -1.35. The molecule has 0 aromatic heterocycles. The summed E-state index contributed by atoms with van der Waals surface area (Å²) in [4.78, 5) is 0. The van der Waals surface area contributed by atoms with Crippen molar-refractivity contribution in [1.29, 1.82) is 0 Å². The van der Waals surface area contributed by atoms with Crippen LogP contribution in [0.3, 0.4) is 0 Å². The smallest absolute Gasteiger partial charge is 0.146 e. The molecule has 0 aliphatic carbocycles. The van der Waals surface area contributed by atoms with Crippen LogP contribution in [0.1, 0.15) is 24.9 Å². The summed E-state index contributed by atoms with van der Waals surface area (Å²) in [7, 11) is 0. The van der Waals surface area contributed by atoms with E-state index in [9.17, 15) is 4.39 Å². The molecule has 0 radical (unpaired) electrons. The van der Waals surface area contributed by atoms with Crippen LogP contribution >= 0.6 is 15.9 Å². The number of anilines is 1. The van der Waals surface area contributed by atoms with Crippen LogP contribution in [0.15, 0.2) is 53.0 Å². The molecule has 1 atom stereocenters. The summed E-state index contributed by atoms with van der Waals surface area (Å²) < 4.78 is 14.6. The molecule has 0 amide bonds. The molecule has 0 spiro atoms. The van der Waals surface area contributed by atoms with Gasteiger partial charge < -0.3 is 5.32 Å². The molecule has 2 rings (SSSR count). The van der Waals surface area contributed by atoms with Gasteiger partial charge in [-0.3, -0.25) is 0 Å². The van der Waals surface area contributed by atoms with E-state index in [-0.39, 0.29) is 11.9 Å². The van der Waals surface area contributed by atoms with E-state index in [4.69, 9.17) is 0 Å². The minimum atomic E-state index is -0.215. The number of nitrogens with one attached hydrogen (secondary N) is 1. The Balaban J connectivity index is 2.20. The second-order valence-electron chi connectivity index (χ2n) is 4.14. The van der Waals surface area contributed by atoms with Crippen molar-refractivity contribution in [3.05, 3.63) is 64.4 Å². The van der Waals surface area contributed by atoms with E-state index in [2.05, 4.69) is 28.2 Å². The van der Waals surface area contributed by atoms with E-state index in [0.29, 0.717) is 5.69 Å². The zero-order chi connectivity index (χ0) is 13.0. The van der Waals surface area contributed by atoms with Crippen molar-refractivity contribution in [3.63, 3.8) is 0 Å². The average molecular weight is 308 g/mol. The third-order valence-corrected chi connectivity index (χ3v) is 3.41. The monoisotopic (exact) mass is 307 g/mol. The summed E-state index contributed by atoms with van der Waals surface area (Å²) in [6.07, 6.45) is 0.899. The number of rotatable bonds is 4. The SMILES string of the molecule is CCC(Nc1ccccc1F)c1ccc(Br)cc1. The highest BCUT2D eigenvalue weighted by Gasteiger charge is 2.10.